The number of piperazine rings is 1. The molecule has 1 aliphatic carbocycles. The zero-order chi connectivity index (χ0) is 14.0. The number of nitrogens with one attached hydrogen (secondary N) is 1. The number of benzene rings is 1. The first-order chi connectivity index (χ1) is 9.67. The third-order valence-electron chi connectivity index (χ3n) is 4.67. The van der Waals surface area contributed by atoms with Crippen LogP contribution in [0.15, 0.2) is 18.2 Å². The van der Waals surface area contributed by atoms with Crippen molar-refractivity contribution in [3.63, 3.8) is 0 Å². The molecule has 20 heavy (non-hydrogen) atoms. The van der Waals surface area contributed by atoms with Crippen molar-refractivity contribution in [2.45, 2.75) is 44.2 Å². The van der Waals surface area contributed by atoms with E-state index in [1.165, 1.54) is 38.2 Å². The van der Waals surface area contributed by atoms with E-state index in [1.54, 1.807) is 12.1 Å². The lowest BCUT2D eigenvalue weighted by Crippen LogP contribution is -2.60. The standard InChI is InChI=1S/C16H22ClFN2/c17-15-5-4-14(18)10-13(15)11-20-9-8-19-16(12-20)6-2-1-3-7-16/h4-5,10,19H,1-3,6-9,11-12H2. The molecule has 3 rings (SSSR count). The van der Waals surface area contributed by atoms with Crippen LogP contribution in [0.4, 0.5) is 4.39 Å². The predicted octanol–water partition coefficient (Wildman–Crippen LogP) is 3.59. The maximum absolute atomic E-state index is 13.4. The first kappa shape index (κ1) is 14.3. The van der Waals surface area contributed by atoms with Gasteiger partial charge in [-0.1, -0.05) is 30.9 Å². The summed E-state index contributed by atoms with van der Waals surface area (Å²) in [5.74, 6) is -0.202. The highest BCUT2D eigenvalue weighted by Crippen LogP contribution is 2.31. The highest BCUT2D eigenvalue weighted by Gasteiger charge is 2.36. The van der Waals surface area contributed by atoms with Crippen molar-refractivity contribution in [3.05, 3.63) is 34.6 Å². The van der Waals surface area contributed by atoms with E-state index in [9.17, 15) is 4.39 Å². The minimum Gasteiger partial charge on any atom is -0.309 e. The van der Waals surface area contributed by atoms with Crippen molar-refractivity contribution in [1.82, 2.24) is 10.2 Å². The van der Waals surface area contributed by atoms with Gasteiger partial charge in [0.2, 0.25) is 0 Å². The van der Waals surface area contributed by atoms with Gasteiger partial charge >= 0.3 is 0 Å². The van der Waals surface area contributed by atoms with E-state index < -0.39 is 0 Å². The molecule has 0 atom stereocenters. The molecule has 0 unspecified atom stereocenters. The summed E-state index contributed by atoms with van der Waals surface area (Å²) in [4.78, 5) is 2.42. The summed E-state index contributed by atoms with van der Waals surface area (Å²) in [5.41, 5.74) is 1.19. The maximum Gasteiger partial charge on any atom is 0.123 e. The topological polar surface area (TPSA) is 15.3 Å². The fourth-order valence-electron chi connectivity index (χ4n) is 3.65. The molecule has 0 radical (unpaired) electrons. The minimum atomic E-state index is -0.202. The Morgan fingerprint density at radius 3 is 2.85 bits per heavy atom. The van der Waals surface area contributed by atoms with Gasteiger partial charge in [0.15, 0.2) is 0 Å². The van der Waals surface area contributed by atoms with Crippen LogP contribution in [-0.4, -0.2) is 30.1 Å². The van der Waals surface area contributed by atoms with E-state index >= 15 is 0 Å². The van der Waals surface area contributed by atoms with Crippen LogP contribution >= 0.6 is 11.6 Å². The molecule has 1 saturated carbocycles. The van der Waals surface area contributed by atoms with Gasteiger partial charge < -0.3 is 5.32 Å². The number of nitrogens with zero attached hydrogens (tertiary/aromatic N) is 1. The second-order valence-corrected chi connectivity index (χ2v) is 6.62. The molecule has 2 aliphatic rings. The third-order valence-corrected chi connectivity index (χ3v) is 5.04. The fourth-order valence-corrected chi connectivity index (χ4v) is 3.82. The van der Waals surface area contributed by atoms with Gasteiger partial charge in [-0.3, -0.25) is 4.90 Å². The molecule has 1 spiro atoms. The number of rotatable bonds is 2. The molecule has 1 aliphatic heterocycles. The molecule has 2 fully saturated rings. The Hall–Kier alpha value is -0.640. The van der Waals surface area contributed by atoms with Crippen molar-refractivity contribution >= 4 is 11.6 Å². The van der Waals surface area contributed by atoms with Gasteiger partial charge in [-0.25, -0.2) is 4.39 Å². The molecule has 4 heteroatoms. The van der Waals surface area contributed by atoms with Gasteiger partial charge in [-0.15, -0.1) is 0 Å². The Morgan fingerprint density at radius 2 is 2.05 bits per heavy atom. The van der Waals surface area contributed by atoms with Crippen molar-refractivity contribution in [2.75, 3.05) is 19.6 Å². The molecule has 110 valence electrons. The average molecular weight is 297 g/mol. The zero-order valence-corrected chi connectivity index (χ0v) is 12.6. The van der Waals surface area contributed by atoms with Gasteiger partial charge in [-0.05, 0) is 36.6 Å². The molecule has 0 amide bonds. The van der Waals surface area contributed by atoms with Crippen LogP contribution in [0.1, 0.15) is 37.7 Å². The SMILES string of the molecule is Fc1ccc(Cl)c(CN2CCNC3(CCCCC3)C2)c1. The summed E-state index contributed by atoms with van der Waals surface area (Å²) in [7, 11) is 0. The van der Waals surface area contributed by atoms with Crippen LogP contribution in [0.3, 0.4) is 0 Å². The molecule has 1 aromatic carbocycles. The fraction of sp³-hybridized carbons (Fsp3) is 0.625. The largest absolute Gasteiger partial charge is 0.309 e. The Labute approximate surface area is 125 Å². The number of hydrogen-bond donors (Lipinski definition) is 1. The second-order valence-electron chi connectivity index (χ2n) is 6.21. The van der Waals surface area contributed by atoms with Crippen molar-refractivity contribution in [3.8, 4) is 0 Å². The first-order valence-electron chi connectivity index (χ1n) is 7.58. The molecular formula is C16H22ClFN2. The smallest absolute Gasteiger partial charge is 0.123 e. The Bertz CT molecular complexity index is 466. The Balaban J connectivity index is 1.69. The monoisotopic (exact) mass is 296 g/mol. The van der Waals surface area contributed by atoms with E-state index in [0.717, 1.165) is 31.7 Å². The minimum absolute atomic E-state index is 0.202. The lowest BCUT2D eigenvalue weighted by atomic mass is 9.80. The summed E-state index contributed by atoms with van der Waals surface area (Å²) in [5, 5.41) is 4.40. The summed E-state index contributed by atoms with van der Waals surface area (Å²) in [6.45, 7) is 3.83. The Morgan fingerprint density at radius 1 is 1.25 bits per heavy atom. The second kappa shape index (κ2) is 6.00. The van der Waals surface area contributed by atoms with Crippen LogP contribution in [-0.2, 0) is 6.54 Å². The molecule has 0 aromatic heterocycles. The van der Waals surface area contributed by atoms with Crippen LogP contribution in [0.2, 0.25) is 5.02 Å². The van der Waals surface area contributed by atoms with Gasteiger partial charge in [-0.2, -0.15) is 0 Å². The van der Waals surface area contributed by atoms with Gasteiger partial charge in [0.1, 0.15) is 5.82 Å². The number of halogens is 2. The van der Waals surface area contributed by atoms with Crippen molar-refractivity contribution in [1.29, 1.82) is 0 Å². The highest BCUT2D eigenvalue weighted by atomic mass is 35.5. The van der Waals surface area contributed by atoms with Gasteiger partial charge in [0.05, 0.1) is 0 Å². The lowest BCUT2D eigenvalue weighted by Gasteiger charge is -2.46. The van der Waals surface area contributed by atoms with Crippen molar-refractivity contribution in [2.24, 2.45) is 0 Å². The molecule has 1 heterocycles. The molecule has 2 nitrogen and oxygen atoms in total. The molecule has 0 bridgehead atoms. The van der Waals surface area contributed by atoms with E-state index in [-0.39, 0.29) is 11.4 Å². The maximum atomic E-state index is 13.4. The summed E-state index contributed by atoms with van der Waals surface area (Å²) in [6, 6.07) is 4.65. The summed E-state index contributed by atoms with van der Waals surface area (Å²) >= 11 is 6.18. The van der Waals surface area contributed by atoms with Crippen LogP contribution in [0.5, 0.6) is 0 Å². The van der Waals surface area contributed by atoms with Crippen LogP contribution < -0.4 is 5.32 Å². The van der Waals surface area contributed by atoms with Gasteiger partial charge in [0.25, 0.3) is 0 Å². The summed E-state index contributed by atoms with van der Waals surface area (Å²) in [6.07, 6.45) is 6.53. The lowest BCUT2D eigenvalue weighted by molar-refractivity contribution is 0.0945. The number of hydrogen-bond acceptors (Lipinski definition) is 2. The first-order valence-corrected chi connectivity index (χ1v) is 7.96. The van der Waals surface area contributed by atoms with Gasteiger partial charge in [0, 0.05) is 36.7 Å². The third kappa shape index (κ3) is 3.16. The van der Waals surface area contributed by atoms with Crippen molar-refractivity contribution < 1.29 is 4.39 Å². The molecule has 1 N–H and O–H groups in total. The van der Waals surface area contributed by atoms with E-state index in [2.05, 4.69) is 10.2 Å². The molecule has 1 aromatic rings. The van der Waals surface area contributed by atoms with E-state index in [1.807, 2.05) is 0 Å². The van der Waals surface area contributed by atoms with Crippen LogP contribution in [0.25, 0.3) is 0 Å². The average Bonchev–Trinajstić information content (AvgIpc) is 2.44. The molecular weight excluding hydrogens is 275 g/mol. The predicted molar refractivity (Wildman–Crippen MR) is 80.5 cm³/mol. The van der Waals surface area contributed by atoms with Crippen LogP contribution in [0, 0.1) is 5.82 Å². The van der Waals surface area contributed by atoms with E-state index in [4.69, 9.17) is 11.6 Å². The Kier molecular flexibility index (Phi) is 4.29. The normalized spacial score (nSPS) is 23.1. The zero-order valence-electron chi connectivity index (χ0n) is 11.8. The molecule has 1 saturated heterocycles. The highest BCUT2D eigenvalue weighted by molar-refractivity contribution is 6.31. The summed E-state index contributed by atoms with van der Waals surface area (Å²) < 4.78 is 13.4. The van der Waals surface area contributed by atoms with E-state index in [0.29, 0.717) is 5.02 Å². The quantitative estimate of drug-likeness (QED) is 0.897.